The van der Waals surface area contributed by atoms with E-state index in [1.807, 2.05) is 10.8 Å². The molecule has 2 saturated carbocycles. The van der Waals surface area contributed by atoms with Gasteiger partial charge in [-0.15, -0.1) is 0 Å². The highest BCUT2D eigenvalue weighted by molar-refractivity contribution is 8.76. The van der Waals surface area contributed by atoms with Crippen LogP contribution < -0.4 is 10.6 Å². The van der Waals surface area contributed by atoms with Crippen molar-refractivity contribution in [1.29, 1.82) is 0 Å². The molecule has 274 valence electrons. The third-order valence-corrected chi connectivity index (χ3v) is 16.0. The number of cyclic esters (lactones) is 1. The fourth-order valence-electron chi connectivity index (χ4n) is 11.1. The van der Waals surface area contributed by atoms with Crippen LogP contribution in [0.2, 0.25) is 0 Å². The van der Waals surface area contributed by atoms with E-state index in [0.29, 0.717) is 30.2 Å². The van der Waals surface area contributed by atoms with Crippen molar-refractivity contribution >= 4 is 45.3 Å². The lowest BCUT2D eigenvalue weighted by molar-refractivity contribution is -0.138. The van der Waals surface area contributed by atoms with Crippen molar-refractivity contribution in [2.45, 2.75) is 78.1 Å². The van der Waals surface area contributed by atoms with Gasteiger partial charge in [0.15, 0.2) is 0 Å². The first-order valence-electron chi connectivity index (χ1n) is 19.3. The Morgan fingerprint density at radius 2 is 1.79 bits per heavy atom. The van der Waals surface area contributed by atoms with Gasteiger partial charge in [-0.05, 0) is 104 Å². The number of nitrogens with zero attached hydrogens (tertiary/aromatic N) is 1. The minimum Gasteiger partial charge on any atom is -0.427 e. The van der Waals surface area contributed by atoms with Crippen LogP contribution >= 0.6 is 21.6 Å². The molecule has 6 unspecified atom stereocenters. The second kappa shape index (κ2) is 13.1. The fraction of sp³-hybridized carbons (Fsp3) is 0.561. The van der Waals surface area contributed by atoms with Gasteiger partial charge in [0, 0.05) is 54.0 Å². The number of carbonyl (C=O) groups excluding carboxylic acids is 4. The third-order valence-electron chi connectivity index (χ3n) is 13.6. The van der Waals surface area contributed by atoms with Crippen LogP contribution in [0.5, 0.6) is 0 Å². The normalized spacial score (nSPS) is 35.9. The molecule has 0 aromatic rings. The minimum atomic E-state index is -0.816. The van der Waals surface area contributed by atoms with Crippen LogP contribution in [-0.4, -0.2) is 53.4 Å². The van der Waals surface area contributed by atoms with E-state index in [4.69, 9.17) is 9.47 Å². The van der Waals surface area contributed by atoms with Crippen LogP contribution in [0.4, 0.5) is 0 Å². The summed E-state index contributed by atoms with van der Waals surface area (Å²) in [5, 5.41) is 6.98. The van der Waals surface area contributed by atoms with Gasteiger partial charge in [-0.25, -0.2) is 9.59 Å². The number of ether oxygens (including phenoxy) is 2. The number of allylic oxidation sites excluding steroid dienone is 5. The molecule has 3 fully saturated rings. The molecular formula is C41H47N3O6S2. The van der Waals surface area contributed by atoms with E-state index in [-0.39, 0.29) is 53.5 Å². The van der Waals surface area contributed by atoms with Crippen molar-refractivity contribution in [3.8, 4) is 0 Å². The number of imide groups is 1. The van der Waals surface area contributed by atoms with Crippen LogP contribution in [0.25, 0.3) is 0 Å². The summed E-state index contributed by atoms with van der Waals surface area (Å²) in [5.41, 5.74) is 3.64. The smallest absolute Gasteiger partial charge is 0.340 e. The van der Waals surface area contributed by atoms with E-state index < -0.39 is 11.3 Å². The number of dihydropyridines is 1. The van der Waals surface area contributed by atoms with Crippen molar-refractivity contribution in [2.75, 3.05) is 24.7 Å². The summed E-state index contributed by atoms with van der Waals surface area (Å²) < 4.78 is 12.7. The lowest BCUT2D eigenvalue weighted by Crippen LogP contribution is -2.54. The van der Waals surface area contributed by atoms with E-state index in [1.165, 1.54) is 29.9 Å². The number of hydrogen-bond acceptors (Lipinski definition) is 10. The quantitative estimate of drug-likeness (QED) is 0.182. The van der Waals surface area contributed by atoms with Crippen molar-refractivity contribution in [2.24, 2.45) is 40.4 Å². The monoisotopic (exact) mass is 741 g/mol. The first-order chi connectivity index (χ1) is 25.2. The van der Waals surface area contributed by atoms with Crippen LogP contribution in [0.15, 0.2) is 81.7 Å². The van der Waals surface area contributed by atoms with Gasteiger partial charge in [-0.3, -0.25) is 14.5 Å². The summed E-state index contributed by atoms with van der Waals surface area (Å²) in [6.07, 6.45) is 20.8. The van der Waals surface area contributed by atoms with Crippen molar-refractivity contribution < 1.29 is 28.7 Å². The molecule has 52 heavy (non-hydrogen) atoms. The first kappa shape index (κ1) is 34.3. The maximum Gasteiger partial charge on any atom is 0.340 e. The van der Waals surface area contributed by atoms with Crippen molar-refractivity contribution in [3.05, 3.63) is 81.7 Å². The van der Waals surface area contributed by atoms with Crippen LogP contribution in [-0.2, 0) is 28.7 Å². The number of nitrogens with one attached hydrogen (secondary N) is 2. The van der Waals surface area contributed by atoms with Crippen molar-refractivity contribution in [1.82, 2.24) is 15.5 Å². The van der Waals surface area contributed by atoms with Gasteiger partial charge in [0.25, 0.3) is 11.8 Å². The van der Waals surface area contributed by atoms with Gasteiger partial charge in [0.2, 0.25) is 0 Å². The SMILES string of the molecule is CCC1(C=C2OC(=O)C3=C2CCC2C4CCC5(C6=CCC(C)CSSCNC7=CC(=CCN7)C(CN7C(=O)C=CC7=O)C4=C5C(=O)O6)C32)CCCC1. The maximum atomic E-state index is 14.6. The highest BCUT2D eigenvalue weighted by atomic mass is 33.1. The number of hydrogen-bond donors (Lipinski definition) is 2. The summed E-state index contributed by atoms with van der Waals surface area (Å²) >= 11 is 0. The molecule has 10 aliphatic rings. The van der Waals surface area contributed by atoms with Crippen molar-refractivity contribution in [3.63, 3.8) is 0 Å². The second-order valence-corrected chi connectivity index (χ2v) is 18.7. The Kier molecular flexibility index (Phi) is 8.68. The molecule has 2 amide bonds. The standard InChI is InChI=1S/C41H47N3O6S2/c1-3-40(14-4-5-15-40)19-29-27-8-7-26-25-12-16-41(36(26)35(27)38(47)49-29)30-9-6-23(2)21-51-52-22-43-31-18-24(13-17-42-31)28(34(25)37(41)39(48)50-30)20-44-32(45)10-11-33(44)46/h9-11,13,18-19,23,25-26,28,36,42-43H,3-8,12,14-17,20-22H2,1-2H3. The number of carbonyl (C=O) groups is 4. The molecular weight excluding hydrogens is 695 g/mol. The summed E-state index contributed by atoms with van der Waals surface area (Å²) in [6.45, 7) is 5.19. The lowest BCUT2D eigenvalue weighted by Gasteiger charge is -2.57. The molecule has 10 rings (SSSR count). The van der Waals surface area contributed by atoms with Crippen LogP contribution in [0, 0.1) is 40.4 Å². The molecule has 0 aromatic heterocycles. The van der Waals surface area contributed by atoms with Crippen LogP contribution in [0.3, 0.4) is 0 Å². The summed E-state index contributed by atoms with van der Waals surface area (Å²) in [7, 11) is 3.59. The first-order valence-corrected chi connectivity index (χ1v) is 21.7. The highest BCUT2D eigenvalue weighted by Crippen LogP contribution is 2.71. The highest BCUT2D eigenvalue weighted by Gasteiger charge is 2.69. The predicted molar refractivity (Wildman–Crippen MR) is 200 cm³/mol. The Balaban J connectivity index is 1.25. The number of esters is 2. The summed E-state index contributed by atoms with van der Waals surface area (Å²) in [5.74, 6) is 2.46. The van der Waals surface area contributed by atoms with E-state index in [1.54, 1.807) is 10.8 Å². The van der Waals surface area contributed by atoms with E-state index in [0.717, 1.165) is 90.4 Å². The third kappa shape index (κ3) is 5.34. The molecule has 5 heterocycles. The van der Waals surface area contributed by atoms with Gasteiger partial charge in [0.1, 0.15) is 11.5 Å². The molecule has 1 saturated heterocycles. The number of rotatable bonds is 4. The summed E-state index contributed by atoms with van der Waals surface area (Å²) in [4.78, 5) is 56.4. The molecule has 9 nitrogen and oxygen atoms in total. The average molecular weight is 742 g/mol. The zero-order valence-electron chi connectivity index (χ0n) is 30.0. The molecule has 1 spiro atoms. The Labute approximate surface area is 313 Å². The van der Waals surface area contributed by atoms with Gasteiger partial charge in [0.05, 0.1) is 22.7 Å². The fourth-order valence-corrected chi connectivity index (χ4v) is 13.3. The summed E-state index contributed by atoms with van der Waals surface area (Å²) in [6, 6.07) is 0. The Morgan fingerprint density at radius 1 is 0.981 bits per heavy atom. The average Bonchev–Trinajstić information content (AvgIpc) is 3.91. The topological polar surface area (TPSA) is 114 Å². The van der Waals surface area contributed by atoms with E-state index in [2.05, 4.69) is 48.8 Å². The lowest BCUT2D eigenvalue weighted by atomic mass is 9.43. The Morgan fingerprint density at radius 3 is 2.58 bits per heavy atom. The van der Waals surface area contributed by atoms with Gasteiger partial charge >= 0.3 is 11.9 Å². The number of amides is 2. The predicted octanol–water partition coefficient (Wildman–Crippen LogP) is 6.75. The molecule has 5 aliphatic heterocycles. The van der Waals surface area contributed by atoms with Gasteiger partial charge in [-0.2, -0.15) is 0 Å². The van der Waals surface area contributed by atoms with E-state index in [9.17, 15) is 19.2 Å². The molecule has 0 aromatic carbocycles. The molecule has 2 N–H and O–H groups in total. The van der Waals surface area contributed by atoms with Gasteiger partial charge in [-0.1, -0.05) is 54.4 Å². The second-order valence-electron chi connectivity index (χ2n) is 16.2. The minimum absolute atomic E-state index is 0.0170. The zero-order valence-corrected chi connectivity index (χ0v) is 31.6. The molecule has 0 radical (unpaired) electrons. The molecule has 5 aliphatic carbocycles. The molecule has 7 bridgehead atoms. The molecule has 6 atom stereocenters. The maximum absolute atomic E-state index is 14.6. The largest absolute Gasteiger partial charge is 0.427 e. The molecule has 11 heteroatoms. The number of fused-ring (bicyclic) bond motifs is 2. The van der Waals surface area contributed by atoms with Gasteiger partial charge < -0.3 is 20.1 Å². The van der Waals surface area contributed by atoms with E-state index >= 15 is 0 Å². The zero-order chi connectivity index (χ0) is 35.8. The Hall–Kier alpha value is -3.44. The Bertz CT molecular complexity index is 1850. The van der Waals surface area contributed by atoms with Crippen LogP contribution in [0.1, 0.15) is 78.1 Å².